The highest BCUT2D eigenvalue weighted by atomic mass is 16.5. The van der Waals surface area contributed by atoms with E-state index in [1.165, 1.54) is 0 Å². The number of hydrogen-bond acceptors (Lipinski definition) is 4. The molecule has 1 aromatic rings. The number of amides is 1. The molecule has 1 aromatic heterocycles. The maximum atomic E-state index is 11.7. The Morgan fingerprint density at radius 2 is 2.53 bits per heavy atom. The molecule has 0 aromatic carbocycles. The molecule has 1 fully saturated rings. The largest absolute Gasteiger partial charge is 0.377 e. The first-order chi connectivity index (χ1) is 7.36. The quantitative estimate of drug-likeness (QED) is 0.659. The van der Waals surface area contributed by atoms with Gasteiger partial charge in [-0.1, -0.05) is 0 Å². The molecule has 1 saturated heterocycles. The average molecular weight is 205 g/mol. The molecule has 5 nitrogen and oxygen atoms in total. The molecule has 0 bridgehead atoms. The SMILES string of the molecule is O=C1Nc2cnccc2N2CCOCC12. The molecule has 3 heterocycles. The van der Waals surface area contributed by atoms with Crippen LogP contribution in [0.5, 0.6) is 0 Å². The Morgan fingerprint density at radius 1 is 1.60 bits per heavy atom. The topological polar surface area (TPSA) is 54.5 Å². The normalized spacial score (nSPS) is 24.1. The van der Waals surface area contributed by atoms with Gasteiger partial charge < -0.3 is 15.0 Å². The zero-order valence-corrected chi connectivity index (χ0v) is 8.14. The molecule has 0 radical (unpaired) electrons. The lowest BCUT2D eigenvalue weighted by Crippen LogP contribution is -2.54. The van der Waals surface area contributed by atoms with Gasteiger partial charge in [-0.3, -0.25) is 9.78 Å². The van der Waals surface area contributed by atoms with Crippen LogP contribution in [0.4, 0.5) is 11.4 Å². The molecule has 0 aliphatic carbocycles. The highest BCUT2D eigenvalue weighted by Crippen LogP contribution is 2.31. The number of anilines is 2. The summed E-state index contributed by atoms with van der Waals surface area (Å²) in [7, 11) is 0. The molecular weight excluding hydrogens is 194 g/mol. The maximum Gasteiger partial charge on any atom is 0.249 e. The van der Waals surface area contributed by atoms with Crippen LogP contribution in [0.2, 0.25) is 0 Å². The summed E-state index contributed by atoms with van der Waals surface area (Å²) in [5, 5.41) is 2.84. The van der Waals surface area contributed by atoms with Gasteiger partial charge >= 0.3 is 0 Å². The predicted octanol–water partition coefficient (Wildman–Crippen LogP) is 0.239. The first-order valence-electron chi connectivity index (χ1n) is 4.95. The number of nitrogens with zero attached hydrogens (tertiary/aromatic N) is 2. The molecule has 0 saturated carbocycles. The van der Waals surface area contributed by atoms with Crippen molar-refractivity contribution in [2.75, 3.05) is 30.0 Å². The van der Waals surface area contributed by atoms with E-state index < -0.39 is 0 Å². The van der Waals surface area contributed by atoms with E-state index >= 15 is 0 Å². The van der Waals surface area contributed by atoms with Crippen molar-refractivity contribution in [3.63, 3.8) is 0 Å². The monoisotopic (exact) mass is 205 g/mol. The van der Waals surface area contributed by atoms with Crippen LogP contribution in [-0.4, -0.2) is 36.7 Å². The molecule has 0 spiro atoms. The van der Waals surface area contributed by atoms with Crippen LogP contribution < -0.4 is 10.2 Å². The molecule has 1 amide bonds. The fourth-order valence-corrected chi connectivity index (χ4v) is 2.06. The van der Waals surface area contributed by atoms with Gasteiger partial charge in [0, 0.05) is 12.7 Å². The number of morpholine rings is 1. The van der Waals surface area contributed by atoms with Gasteiger partial charge in [-0.25, -0.2) is 0 Å². The molecule has 1 unspecified atom stereocenters. The van der Waals surface area contributed by atoms with Gasteiger partial charge in [-0.05, 0) is 6.07 Å². The summed E-state index contributed by atoms with van der Waals surface area (Å²) in [6, 6.07) is 1.74. The molecule has 2 aliphatic heterocycles. The van der Waals surface area contributed by atoms with Crippen molar-refractivity contribution < 1.29 is 9.53 Å². The Hall–Kier alpha value is -1.62. The number of hydrogen-bond donors (Lipinski definition) is 1. The van der Waals surface area contributed by atoms with Crippen LogP contribution in [0.15, 0.2) is 18.5 Å². The predicted molar refractivity (Wildman–Crippen MR) is 54.8 cm³/mol. The third kappa shape index (κ3) is 1.27. The lowest BCUT2D eigenvalue weighted by Gasteiger charge is -2.40. The highest BCUT2D eigenvalue weighted by Gasteiger charge is 2.34. The zero-order valence-electron chi connectivity index (χ0n) is 8.14. The second-order valence-corrected chi connectivity index (χ2v) is 3.67. The standard InChI is InChI=1S/C10H11N3O2/c14-10-9-6-15-4-3-13(9)8-1-2-11-5-7(8)12-10/h1-2,5,9H,3-4,6H2,(H,12,14). The summed E-state index contributed by atoms with van der Waals surface area (Å²) in [6.45, 7) is 1.90. The van der Waals surface area contributed by atoms with E-state index in [0.717, 1.165) is 17.9 Å². The van der Waals surface area contributed by atoms with E-state index in [9.17, 15) is 4.79 Å². The number of carbonyl (C=O) groups is 1. The third-order valence-electron chi connectivity index (χ3n) is 2.80. The van der Waals surface area contributed by atoms with Crippen molar-refractivity contribution in [1.82, 2.24) is 4.98 Å². The molecular formula is C10H11N3O2. The number of ether oxygens (including phenoxy) is 1. The summed E-state index contributed by atoms with van der Waals surface area (Å²) >= 11 is 0. The van der Waals surface area contributed by atoms with Crippen LogP contribution in [-0.2, 0) is 9.53 Å². The Bertz CT molecular complexity index is 407. The Balaban J connectivity index is 2.06. The van der Waals surface area contributed by atoms with Crippen molar-refractivity contribution >= 4 is 17.3 Å². The van der Waals surface area contributed by atoms with Gasteiger partial charge in [0.15, 0.2) is 0 Å². The van der Waals surface area contributed by atoms with Gasteiger partial charge in [-0.15, -0.1) is 0 Å². The number of carbonyl (C=O) groups excluding carboxylic acids is 1. The highest BCUT2D eigenvalue weighted by molar-refractivity contribution is 6.03. The lowest BCUT2D eigenvalue weighted by atomic mass is 10.1. The van der Waals surface area contributed by atoms with E-state index in [-0.39, 0.29) is 11.9 Å². The molecule has 5 heteroatoms. The Labute approximate surface area is 87.0 Å². The average Bonchev–Trinajstić information content (AvgIpc) is 2.30. The number of aromatic nitrogens is 1. The van der Waals surface area contributed by atoms with Crippen LogP contribution in [0.3, 0.4) is 0 Å². The fourth-order valence-electron chi connectivity index (χ4n) is 2.06. The number of pyridine rings is 1. The van der Waals surface area contributed by atoms with Gasteiger partial charge in [0.25, 0.3) is 0 Å². The molecule has 15 heavy (non-hydrogen) atoms. The summed E-state index contributed by atoms with van der Waals surface area (Å²) in [5.74, 6) is -0.00444. The van der Waals surface area contributed by atoms with Crippen molar-refractivity contribution in [3.05, 3.63) is 18.5 Å². The van der Waals surface area contributed by atoms with Crippen molar-refractivity contribution in [2.24, 2.45) is 0 Å². The molecule has 1 N–H and O–H groups in total. The fraction of sp³-hybridized carbons (Fsp3) is 0.400. The van der Waals surface area contributed by atoms with E-state index in [1.54, 1.807) is 12.4 Å². The number of rotatable bonds is 0. The summed E-state index contributed by atoms with van der Waals surface area (Å²) in [4.78, 5) is 17.8. The van der Waals surface area contributed by atoms with Gasteiger partial charge in [0.1, 0.15) is 6.04 Å². The van der Waals surface area contributed by atoms with Crippen molar-refractivity contribution in [2.45, 2.75) is 6.04 Å². The van der Waals surface area contributed by atoms with Crippen LogP contribution in [0, 0.1) is 0 Å². The second kappa shape index (κ2) is 3.20. The first-order valence-corrected chi connectivity index (χ1v) is 4.95. The molecule has 1 atom stereocenters. The first kappa shape index (κ1) is 8.67. The van der Waals surface area contributed by atoms with Gasteiger partial charge in [0.2, 0.25) is 5.91 Å². The Morgan fingerprint density at radius 3 is 3.47 bits per heavy atom. The van der Waals surface area contributed by atoms with Crippen LogP contribution in [0.25, 0.3) is 0 Å². The smallest absolute Gasteiger partial charge is 0.249 e. The maximum absolute atomic E-state index is 11.7. The van der Waals surface area contributed by atoms with Crippen molar-refractivity contribution in [3.8, 4) is 0 Å². The minimum absolute atomic E-state index is 0.00444. The summed E-state index contributed by atoms with van der Waals surface area (Å²) in [6.07, 6.45) is 3.42. The minimum atomic E-state index is -0.186. The van der Waals surface area contributed by atoms with E-state index in [1.807, 2.05) is 6.07 Å². The number of fused-ring (bicyclic) bond motifs is 3. The molecule has 3 rings (SSSR count). The van der Waals surface area contributed by atoms with E-state index in [0.29, 0.717) is 13.2 Å². The second-order valence-electron chi connectivity index (χ2n) is 3.67. The van der Waals surface area contributed by atoms with E-state index in [4.69, 9.17) is 4.74 Å². The summed E-state index contributed by atoms with van der Waals surface area (Å²) in [5.41, 5.74) is 1.83. The van der Waals surface area contributed by atoms with Crippen LogP contribution >= 0.6 is 0 Å². The lowest BCUT2D eigenvalue weighted by molar-refractivity contribution is -0.119. The van der Waals surface area contributed by atoms with Crippen molar-refractivity contribution in [1.29, 1.82) is 0 Å². The minimum Gasteiger partial charge on any atom is -0.377 e. The summed E-state index contributed by atoms with van der Waals surface area (Å²) < 4.78 is 5.31. The number of nitrogens with one attached hydrogen (secondary N) is 1. The molecule has 78 valence electrons. The molecule has 2 aliphatic rings. The van der Waals surface area contributed by atoms with Gasteiger partial charge in [-0.2, -0.15) is 0 Å². The van der Waals surface area contributed by atoms with Crippen LogP contribution in [0.1, 0.15) is 0 Å². The zero-order chi connectivity index (χ0) is 10.3. The van der Waals surface area contributed by atoms with Gasteiger partial charge in [0.05, 0.1) is 30.8 Å². The van der Waals surface area contributed by atoms with E-state index in [2.05, 4.69) is 15.2 Å². The Kier molecular flexibility index (Phi) is 1.85. The third-order valence-corrected chi connectivity index (χ3v) is 2.80.